The number of carboxylic acids is 2. The highest BCUT2D eigenvalue weighted by atomic mass is 35.5. The maximum Gasteiger partial charge on any atom is 0.318 e. The van der Waals surface area contributed by atoms with Crippen LogP contribution in [0.3, 0.4) is 0 Å². The Labute approximate surface area is 81.5 Å². The van der Waals surface area contributed by atoms with E-state index in [0.717, 1.165) is 0 Å². The summed E-state index contributed by atoms with van der Waals surface area (Å²) in [6.45, 7) is 1.61. The number of alkyl halides is 1. The van der Waals surface area contributed by atoms with Gasteiger partial charge in [-0.05, 0) is 18.8 Å². The molecule has 1 atom stereocenters. The second kappa shape index (κ2) is 5.80. The van der Waals surface area contributed by atoms with Gasteiger partial charge in [0, 0.05) is 5.88 Å². The molecular weight excluding hydrogens is 196 g/mol. The molecule has 0 aliphatic heterocycles. The van der Waals surface area contributed by atoms with Crippen molar-refractivity contribution in [1.82, 2.24) is 0 Å². The van der Waals surface area contributed by atoms with E-state index < -0.39 is 17.9 Å². The van der Waals surface area contributed by atoms with Crippen LogP contribution in [0.15, 0.2) is 0 Å². The van der Waals surface area contributed by atoms with E-state index in [1.807, 2.05) is 0 Å². The minimum absolute atomic E-state index is 0.381. The minimum Gasteiger partial charge on any atom is -0.481 e. The van der Waals surface area contributed by atoms with Crippen molar-refractivity contribution in [2.75, 3.05) is 5.88 Å². The molecule has 1 unspecified atom stereocenters. The molecule has 0 heterocycles. The summed E-state index contributed by atoms with van der Waals surface area (Å²) in [6.07, 6.45) is 1.16. The Balaban J connectivity index is 4.20. The van der Waals surface area contributed by atoms with Gasteiger partial charge in [0.2, 0.25) is 0 Å². The molecule has 0 fully saturated rings. The van der Waals surface area contributed by atoms with Crippen LogP contribution >= 0.6 is 11.6 Å². The predicted octanol–water partition coefficient (Wildman–Crippen LogP) is 1.43. The first-order chi connectivity index (χ1) is 6.00. The molecule has 5 heteroatoms. The molecule has 0 aromatic heterocycles. The van der Waals surface area contributed by atoms with Crippen molar-refractivity contribution in [3.05, 3.63) is 0 Å². The van der Waals surface area contributed by atoms with Crippen LogP contribution in [0.1, 0.15) is 19.8 Å². The van der Waals surface area contributed by atoms with Gasteiger partial charge in [0.05, 0.1) is 0 Å². The Morgan fingerprint density at radius 1 is 1.31 bits per heavy atom. The minimum atomic E-state index is -1.32. The number of carbonyl (C=O) groups is 2. The van der Waals surface area contributed by atoms with Gasteiger partial charge in [-0.1, -0.05) is 6.92 Å². The Morgan fingerprint density at radius 3 is 2.08 bits per heavy atom. The summed E-state index contributed by atoms with van der Waals surface area (Å²) in [5, 5.41) is 17.2. The summed E-state index contributed by atoms with van der Waals surface area (Å²) in [7, 11) is 0. The van der Waals surface area contributed by atoms with Crippen molar-refractivity contribution in [3.63, 3.8) is 0 Å². The highest BCUT2D eigenvalue weighted by Gasteiger charge is 2.31. The van der Waals surface area contributed by atoms with E-state index in [4.69, 9.17) is 21.8 Å². The first-order valence-corrected chi connectivity index (χ1v) is 4.55. The van der Waals surface area contributed by atoms with Gasteiger partial charge >= 0.3 is 11.9 Å². The van der Waals surface area contributed by atoms with Gasteiger partial charge in [0.1, 0.15) is 0 Å². The van der Waals surface area contributed by atoms with E-state index in [2.05, 4.69) is 0 Å². The van der Waals surface area contributed by atoms with E-state index >= 15 is 0 Å². The lowest BCUT2D eigenvalue weighted by Gasteiger charge is -2.14. The lowest BCUT2D eigenvalue weighted by molar-refractivity contribution is -0.157. The molecule has 2 N–H and O–H groups in total. The van der Waals surface area contributed by atoms with Crippen LogP contribution in [-0.2, 0) is 9.59 Å². The Morgan fingerprint density at radius 2 is 1.77 bits per heavy atom. The van der Waals surface area contributed by atoms with E-state index in [1.165, 1.54) is 0 Å². The second-order valence-electron chi connectivity index (χ2n) is 2.96. The molecule has 0 spiro atoms. The Hall–Kier alpha value is -0.770. The van der Waals surface area contributed by atoms with Gasteiger partial charge in [-0.2, -0.15) is 0 Å². The molecule has 0 aromatic rings. The summed E-state index contributed by atoms with van der Waals surface area (Å²) in [6, 6.07) is 0. The van der Waals surface area contributed by atoms with Crippen LogP contribution in [0.2, 0.25) is 0 Å². The van der Waals surface area contributed by atoms with Gasteiger partial charge in [-0.25, -0.2) is 0 Å². The Kier molecular flexibility index (Phi) is 5.46. The molecule has 76 valence electrons. The Bertz CT molecular complexity index is 179. The molecule has 0 aromatic carbocycles. The van der Waals surface area contributed by atoms with Gasteiger partial charge in [0.25, 0.3) is 0 Å². The number of halogens is 1. The average Bonchev–Trinajstić information content (AvgIpc) is 1.99. The average molecular weight is 209 g/mol. The number of carboxylic acid groups (broad SMARTS) is 2. The number of aliphatic carboxylic acids is 2. The fourth-order valence-corrected chi connectivity index (χ4v) is 1.31. The monoisotopic (exact) mass is 208 g/mol. The van der Waals surface area contributed by atoms with Gasteiger partial charge in [-0.3, -0.25) is 9.59 Å². The maximum absolute atomic E-state index is 10.5. The first-order valence-electron chi connectivity index (χ1n) is 4.02. The summed E-state index contributed by atoms with van der Waals surface area (Å²) < 4.78 is 0. The zero-order valence-corrected chi connectivity index (χ0v) is 8.12. The van der Waals surface area contributed by atoms with Crippen molar-refractivity contribution < 1.29 is 19.8 Å². The van der Waals surface area contributed by atoms with Crippen LogP contribution < -0.4 is 0 Å². The van der Waals surface area contributed by atoms with Crippen molar-refractivity contribution in [2.24, 2.45) is 11.8 Å². The fraction of sp³-hybridized carbons (Fsp3) is 0.750. The number of rotatable bonds is 6. The standard InChI is InChI=1S/C8H13ClO4/c1-5(3-2-4-9)6(7(10)11)8(12)13/h5-6H,2-4H2,1H3,(H,10,11)(H,12,13). The molecule has 13 heavy (non-hydrogen) atoms. The third-order valence-electron chi connectivity index (χ3n) is 1.89. The fourth-order valence-electron chi connectivity index (χ4n) is 1.16. The van der Waals surface area contributed by atoms with Crippen LogP contribution in [-0.4, -0.2) is 28.0 Å². The summed E-state index contributed by atoms with van der Waals surface area (Å²) >= 11 is 5.41. The van der Waals surface area contributed by atoms with Gasteiger partial charge in [-0.15, -0.1) is 11.6 Å². The predicted molar refractivity (Wildman–Crippen MR) is 47.9 cm³/mol. The highest BCUT2D eigenvalue weighted by molar-refractivity contribution is 6.17. The number of hydrogen-bond donors (Lipinski definition) is 2. The summed E-state index contributed by atoms with van der Waals surface area (Å²) in [5.41, 5.74) is 0. The van der Waals surface area contributed by atoms with E-state index in [-0.39, 0.29) is 5.92 Å². The van der Waals surface area contributed by atoms with Crippen molar-refractivity contribution in [2.45, 2.75) is 19.8 Å². The summed E-state index contributed by atoms with van der Waals surface area (Å²) in [4.78, 5) is 21.1. The third-order valence-corrected chi connectivity index (χ3v) is 2.16. The zero-order valence-electron chi connectivity index (χ0n) is 7.36. The largest absolute Gasteiger partial charge is 0.481 e. The maximum atomic E-state index is 10.5. The van der Waals surface area contributed by atoms with Crippen LogP contribution in [0.5, 0.6) is 0 Å². The molecule has 0 aliphatic carbocycles. The van der Waals surface area contributed by atoms with Crippen LogP contribution in [0, 0.1) is 11.8 Å². The second-order valence-corrected chi connectivity index (χ2v) is 3.34. The van der Waals surface area contributed by atoms with Crippen molar-refractivity contribution in [1.29, 1.82) is 0 Å². The van der Waals surface area contributed by atoms with E-state index in [9.17, 15) is 9.59 Å². The van der Waals surface area contributed by atoms with E-state index in [1.54, 1.807) is 6.92 Å². The zero-order chi connectivity index (χ0) is 10.4. The summed E-state index contributed by atoms with van der Waals surface area (Å²) in [5.74, 6) is -3.84. The van der Waals surface area contributed by atoms with Crippen LogP contribution in [0.25, 0.3) is 0 Å². The molecule has 0 rings (SSSR count). The topological polar surface area (TPSA) is 74.6 Å². The lowest BCUT2D eigenvalue weighted by atomic mass is 9.90. The van der Waals surface area contributed by atoms with Crippen molar-refractivity contribution in [3.8, 4) is 0 Å². The molecule has 0 saturated carbocycles. The molecule has 0 bridgehead atoms. The molecular formula is C8H13ClO4. The molecule has 4 nitrogen and oxygen atoms in total. The SMILES string of the molecule is CC(CCCCl)C(C(=O)O)C(=O)O. The smallest absolute Gasteiger partial charge is 0.318 e. The van der Waals surface area contributed by atoms with Crippen LogP contribution in [0.4, 0.5) is 0 Å². The van der Waals surface area contributed by atoms with Gasteiger partial charge < -0.3 is 10.2 Å². The quantitative estimate of drug-likeness (QED) is 0.512. The van der Waals surface area contributed by atoms with Gasteiger partial charge in [0.15, 0.2) is 5.92 Å². The molecule has 0 saturated heterocycles. The molecule has 0 aliphatic rings. The normalized spacial score (nSPS) is 12.8. The lowest BCUT2D eigenvalue weighted by Crippen LogP contribution is -2.29. The highest BCUT2D eigenvalue weighted by Crippen LogP contribution is 2.18. The molecule has 0 radical (unpaired) electrons. The number of hydrogen-bond acceptors (Lipinski definition) is 2. The van der Waals surface area contributed by atoms with Crippen molar-refractivity contribution >= 4 is 23.5 Å². The van der Waals surface area contributed by atoms with E-state index in [0.29, 0.717) is 18.7 Å². The third kappa shape index (κ3) is 4.12. The molecule has 0 amide bonds. The first kappa shape index (κ1) is 12.2.